The fourth-order valence-electron chi connectivity index (χ4n) is 3.80. The second-order valence-corrected chi connectivity index (χ2v) is 9.54. The molecular weight excluding hydrogens is 537 g/mol. The quantitative estimate of drug-likeness (QED) is 0.252. The van der Waals surface area contributed by atoms with Crippen molar-refractivity contribution in [2.75, 3.05) is 18.1 Å². The molecule has 7 nitrogen and oxygen atoms in total. The largest absolute Gasteiger partial charge is 0.490 e. The number of nitrogens with zero attached hydrogens (tertiary/aromatic N) is 2. The highest BCUT2D eigenvalue weighted by Gasteiger charge is 2.35. The van der Waals surface area contributed by atoms with E-state index < -0.39 is 5.92 Å². The zero-order valence-corrected chi connectivity index (χ0v) is 22.2. The van der Waals surface area contributed by atoms with E-state index in [0.29, 0.717) is 44.4 Å². The number of hydrogen-bond acceptors (Lipinski definition) is 5. The maximum atomic E-state index is 12.6. The first-order valence-corrected chi connectivity index (χ1v) is 12.7. The first-order chi connectivity index (χ1) is 17.8. The van der Waals surface area contributed by atoms with Crippen LogP contribution in [-0.2, 0) is 16.2 Å². The minimum absolute atomic E-state index is 0.114. The van der Waals surface area contributed by atoms with Crippen molar-refractivity contribution in [2.24, 2.45) is 11.0 Å². The smallest absolute Gasteiger partial charge is 0.245 e. The molecule has 0 aromatic heterocycles. The zero-order valence-electron chi connectivity index (χ0n) is 19.9. The van der Waals surface area contributed by atoms with Crippen LogP contribution in [0.25, 0.3) is 0 Å². The van der Waals surface area contributed by atoms with E-state index in [4.69, 9.17) is 44.3 Å². The Morgan fingerprint density at radius 1 is 1.03 bits per heavy atom. The van der Waals surface area contributed by atoms with Crippen LogP contribution in [0.2, 0.25) is 15.1 Å². The lowest BCUT2D eigenvalue weighted by Crippen LogP contribution is -2.30. The number of benzene rings is 3. The Labute approximate surface area is 229 Å². The molecule has 0 spiro atoms. The van der Waals surface area contributed by atoms with Gasteiger partial charge in [0.25, 0.3) is 0 Å². The van der Waals surface area contributed by atoms with Crippen LogP contribution in [0.1, 0.15) is 24.5 Å². The Balaban J connectivity index is 1.35. The fourth-order valence-corrected chi connectivity index (χ4v) is 4.25. The highest BCUT2D eigenvalue weighted by molar-refractivity contribution is 6.42. The molecular formula is C27H24Cl3N3O4. The normalized spacial score (nSPS) is 15.3. The van der Waals surface area contributed by atoms with E-state index in [-0.39, 0.29) is 31.4 Å². The van der Waals surface area contributed by atoms with E-state index in [1.807, 2.05) is 13.0 Å². The van der Waals surface area contributed by atoms with E-state index in [1.54, 1.807) is 59.5 Å². The number of nitrogens with one attached hydrogen (secondary N) is 1. The average molecular weight is 561 g/mol. The number of hydrazone groups is 1. The number of rotatable bonds is 9. The number of anilines is 1. The van der Waals surface area contributed by atoms with Crippen molar-refractivity contribution < 1.29 is 19.1 Å². The van der Waals surface area contributed by atoms with Gasteiger partial charge in [0.05, 0.1) is 28.8 Å². The average Bonchev–Trinajstić information content (AvgIpc) is 3.28. The van der Waals surface area contributed by atoms with E-state index >= 15 is 0 Å². The van der Waals surface area contributed by atoms with E-state index in [2.05, 4.69) is 10.5 Å². The van der Waals surface area contributed by atoms with E-state index in [1.165, 1.54) is 6.21 Å². The third kappa shape index (κ3) is 6.95. The summed E-state index contributed by atoms with van der Waals surface area (Å²) < 4.78 is 11.6. The number of carbonyl (C=O) groups is 2. The molecule has 0 bridgehead atoms. The summed E-state index contributed by atoms with van der Waals surface area (Å²) in [7, 11) is 0. The maximum Gasteiger partial charge on any atom is 0.245 e. The topological polar surface area (TPSA) is 80.2 Å². The van der Waals surface area contributed by atoms with Gasteiger partial charge in [0, 0.05) is 23.7 Å². The fraction of sp³-hybridized carbons (Fsp3) is 0.222. The van der Waals surface area contributed by atoms with Crippen LogP contribution in [0.5, 0.6) is 11.5 Å². The van der Waals surface area contributed by atoms with E-state index in [0.717, 1.165) is 5.56 Å². The molecule has 0 aliphatic carbocycles. The Morgan fingerprint density at radius 3 is 2.54 bits per heavy atom. The summed E-state index contributed by atoms with van der Waals surface area (Å²) in [5, 5.41) is 5.59. The molecule has 1 heterocycles. The molecule has 0 radical (unpaired) electrons. The molecule has 1 aliphatic heterocycles. The van der Waals surface area contributed by atoms with Crippen molar-refractivity contribution in [1.82, 2.24) is 5.43 Å². The molecule has 1 fully saturated rings. The summed E-state index contributed by atoms with van der Waals surface area (Å²) in [6.07, 6.45) is 1.63. The van der Waals surface area contributed by atoms with Crippen LogP contribution >= 0.6 is 34.8 Å². The second kappa shape index (κ2) is 12.3. The molecule has 4 rings (SSSR count). The SMILES string of the molecule is CCOc1cc(/C=N\NC(=O)[C@@H]2CC(=O)N(c3ccc(Cl)cc3)C2)ccc1OCc1ccc(Cl)c(Cl)c1. The van der Waals surface area contributed by atoms with E-state index in [9.17, 15) is 9.59 Å². The summed E-state index contributed by atoms with van der Waals surface area (Å²) in [5.41, 5.74) is 4.81. The highest BCUT2D eigenvalue weighted by Crippen LogP contribution is 2.30. The standard InChI is InChI=1S/C27H24Cl3N3O4/c1-2-36-25-12-17(4-10-24(25)37-16-18-3-9-22(29)23(30)11-18)14-31-32-27(35)19-13-26(34)33(15-19)21-7-5-20(28)6-8-21/h3-12,14,19H,2,13,15-16H2,1H3,(H,32,35)/b31-14-/t19-/m1/s1. The molecule has 192 valence electrons. The van der Waals surface area contributed by atoms with Crippen molar-refractivity contribution in [3.8, 4) is 11.5 Å². The van der Waals surface area contributed by atoms with Crippen LogP contribution in [-0.4, -0.2) is 31.2 Å². The molecule has 1 atom stereocenters. The Kier molecular flexibility index (Phi) is 8.92. The number of ether oxygens (including phenoxy) is 2. The lowest BCUT2D eigenvalue weighted by molar-refractivity contribution is -0.126. The minimum atomic E-state index is -0.503. The van der Waals surface area contributed by atoms with Crippen molar-refractivity contribution in [1.29, 1.82) is 0 Å². The third-order valence-electron chi connectivity index (χ3n) is 5.67. The van der Waals surface area contributed by atoms with Crippen LogP contribution in [0.15, 0.2) is 65.8 Å². The van der Waals surface area contributed by atoms with Gasteiger partial charge in [0.2, 0.25) is 11.8 Å². The predicted molar refractivity (Wildman–Crippen MR) is 146 cm³/mol. The third-order valence-corrected chi connectivity index (χ3v) is 6.66. The minimum Gasteiger partial charge on any atom is -0.490 e. The monoisotopic (exact) mass is 559 g/mol. The maximum absolute atomic E-state index is 12.6. The molecule has 1 aliphatic rings. The van der Waals surface area contributed by atoms with Gasteiger partial charge in [0.1, 0.15) is 6.61 Å². The first-order valence-electron chi connectivity index (χ1n) is 11.6. The van der Waals surface area contributed by atoms with Crippen LogP contribution in [0, 0.1) is 5.92 Å². The predicted octanol–water partition coefficient (Wildman–Crippen LogP) is 6.13. The second-order valence-electron chi connectivity index (χ2n) is 8.29. The van der Waals surface area contributed by atoms with Crippen molar-refractivity contribution in [2.45, 2.75) is 20.0 Å². The van der Waals surface area contributed by atoms with Gasteiger partial charge in [-0.1, -0.05) is 40.9 Å². The molecule has 3 aromatic carbocycles. The van der Waals surface area contributed by atoms with Gasteiger partial charge in [-0.15, -0.1) is 0 Å². The molecule has 37 heavy (non-hydrogen) atoms. The number of amides is 2. The van der Waals surface area contributed by atoms with Gasteiger partial charge in [-0.2, -0.15) is 5.10 Å². The number of carbonyl (C=O) groups excluding carboxylic acids is 2. The lowest BCUT2D eigenvalue weighted by atomic mass is 10.1. The molecule has 0 saturated carbocycles. The summed E-state index contributed by atoms with van der Waals surface area (Å²) in [6, 6.07) is 17.6. The molecule has 2 amide bonds. The van der Waals surface area contributed by atoms with Crippen LogP contribution in [0.3, 0.4) is 0 Å². The van der Waals surface area contributed by atoms with Gasteiger partial charge in [-0.3, -0.25) is 9.59 Å². The summed E-state index contributed by atoms with van der Waals surface area (Å²) in [4.78, 5) is 26.6. The van der Waals surface area contributed by atoms with Crippen LogP contribution < -0.4 is 19.8 Å². The molecule has 0 unspecified atom stereocenters. The summed E-state index contributed by atoms with van der Waals surface area (Å²) >= 11 is 18.0. The van der Waals surface area contributed by atoms with Crippen molar-refractivity contribution >= 4 is 58.5 Å². The molecule has 1 N–H and O–H groups in total. The molecule has 1 saturated heterocycles. The number of hydrogen-bond donors (Lipinski definition) is 1. The zero-order chi connectivity index (χ0) is 26.4. The molecule has 10 heteroatoms. The Hall–Kier alpha value is -3.26. The summed E-state index contributed by atoms with van der Waals surface area (Å²) in [6.45, 7) is 2.88. The lowest BCUT2D eigenvalue weighted by Gasteiger charge is -2.16. The Bertz CT molecular complexity index is 1310. The van der Waals surface area contributed by atoms with Crippen molar-refractivity contribution in [3.63, 3.8) is 0 Å². The first kappa shape index (κ1) is 26.8. The van der Waals surface area contributed by atoms with Crippen LogP contribution in [0.4, 0.5) is 5.69 Å². The van der Waals surface area contributed by atoms with Gasteiger partial charge < -0.3 is 14.4 Å². The Morgan fingerprint density at radius 2 is 1.81 bits per heavy atom. The molecule has 3 aromatic rings. The number of halogens is 3. The van der Waals surface area contributed by atoms with Gasteiger partial charge in [-0.05, 0) is 72.6 Å². The van der Waals surface area contributed by atoms with Gasteiger partial charge >= 0.3 is 0 Å². The summed E-state index contributed by atoms with van der Waals surface area (Å²) in [5.74, 6) is 0.145. The van der Waals surface area contributed by atoms with Gasteiger partial charge in [0.15, 0.2) is 11.5 Å². The van der Waals surface area contributed by atoms with Crippen molar-refractivity contribution in [3.05, 3.63) is 86.9 Å². The van der Waals surface area contributed by atoms with Gasteiger partial charge in [-0.25, -0.2) is 5.43 Å². The highest BCUT2D eigenvalue weighted by atomic mass is 35.5.